The summed E-state index contributed by atoms with van der Waals surface area (Å²) in [5.74, 6) is -0.152. The van der Waals surface area contributed by atoms with E-state index in [0.717, 1.165) is 18.8 Å². The van der Waals surface area contributed by atoms with Gasteiger partial charge in [0.25, 0.3) is 0 Å². The molecule has 0 amide bonds. The van der Waals surface area contributed by atoms with Gasteiger partial charge >= 0.3 is 0 Å². The van der Waals surface area contributed by atoms with Crippen molar-refractivity contribution in [2.45, 2.75) is 20.3 Å². The molecule has 1 heterocycles. The first kappa shape index (κ1) is 13.3. The van der Waals surface area contributed by atoms with Crippen molar-refractivity contribution in [1.82, 2.24) is 0 Å². The van der Waals surface area contributed by atoms with Crippen molar-refractivity contribution < 1.29 is 8.87 Å². The molecule has 1 aliphatic heterocycles. The summed E-state index contributed by atoms with van der Waals surface area (Å²) in [6.07, 6.45) is 1.22. The third-order valence-corrected chi connectivity index (χ3v) is 4.44. The Hall–Kier alpha value is -1.09. The molecule has 0 unspecified atom stereocenters. The van der Waals surface area contributed by atoms with Crippen molar-refractivity contribution in [3.8, 4) is 0 Å². The highest BCUT2D eigenvalue weighted by Crippen LogP contribution is 2.20. The molecule has 2 nitrogen and oxygen atoms in total. The lowest BCUT2D eigenvalue weighted by atomic mass is 10.2. The fraction of sp³-hybridized carbons (Fsp3) is 0.600. The minimum absolute atomic E-state index is 0.152. The zero-order valence-corrected chi connectivity index (χ0v) is 11.5. The van der Waals surface area contributed by atoms with Crippen LogP contribution in [0.15, 0.2) is 24.3 Å². The summed E-state index contributed by atoms with van der Waals surface area (Å²) in [4.78, 5) is 2.39. The molecule has 1 saturated heterocycles. The molecule has 0 spiro atoms. The van der Waals surface area contributed by atoms with Crippen molar-refractivity contribution in [3.63, 3.8) is 0 Å². The van der Waals surface area contributed by atoms with Crippen molar-refractivity contribution in [2.24, 2.45) is 0 Å². The predicted octanol–water partition coefficient (Wildman–Crippen LogP) is 2.89. The minimum Gasteiger partial charge on any atom is -0.366 e. The van der Waals surface area contributed by atoms with Gasteiger partial charge in [-0.2, -0.15) is 0 Å². The van der Waals surface area contributed by atoms with Crippen molar-refractivity contribution in [1.29, 1.82) is 0 Å². The van der Waals surface area contributed by atoms with Crippen molar-refractivity contribution in [3.05, 3.63) is 30.1 Å². The molecule has 0 aliphatic carbocycles. The Morgan fingerprint density at radius 3 is 2.33 bits per heavy atom. The molecule has 1 aromatic rings. The molecule has 100 valence electrons. The Labute approximate surface area is 110 Å². The number of anilines is 1. The molecular weight excluding hydrogens is 227 g/mol. The Balaban J connectivity index is 2.07. The van der Waals surface area contributed by atoms with Gasteiger partial charge in [-0.1, -0.05) is 0 Å². The maximum absolute atomic E-state index is 12.9. The fourth-order valence-electron chi connectivity index (χ4n) is 2.92. The van der Waals surface area contributed by atoms with E-state index in [0.29, 0.717) is 0 Å². The maximum atomic E-state index is 12.9. The number of nitrogens with zero attached hydrogens (tertiary/aromatic N) is 2. The van der Waals surface area contributed by atoms with Crippen LogP contribution in [0.2, 0.25) is 0 Å². The highest BCUT2D eigenvalue weighted by atomic mass is 19.1. The number of benzene rings is 1. The van der Waals surface area contributed by atoms with E-state index in [2.05, 4.69) is 18.7 Å². The van der Waals surface area contributed by atoms with Crippen LogP contribution >= 0.6 is 0 Å². The molecule has 0 saturated carbocycles. The van der Waals surface area contributed by atoms with Crippen LogP contribution in [0.4, 0.5) is 10.1 Å². The van der Waals surface area contributed by atoms with Gasteiger partial charge in [0.1, 0.15) is 5.82 Å². The molecule has 2 rings (SSSR count). The highest BCUT2D eigenvalue weighted by Gasteiger charge is 2.27. The average Bonchev–Trinajstić information content (AvgIpc) is 2.63. The Morgan fingerprint density at radius 1 is 1.06 bits per heavy atom. The molecule has 1 fully saturated rings. The first-order valence-corrected chi connectivity index (χ1v) is 7.05. The van der Waals surface area contributed by atoms with Crippen LogP contribution in [0.1, 0.15) is 20.3 Å². The molecule has 1 aromatic carbocycles. The predicted molar refractivity (Wildman–Crippen MR) is 74.3 cm³/mol. The highest BCUT2D eigenvalue weighted by molar-refractivity contribution is 5.46. The van der Waals surface area contributed by atoms with Gasteiger partial charge in [-0.15, -0.1) is 0 Å². The van der Waals surface area contributed by atoms with E-state index in [9.17, 15) is 4.39 Å². The minimum atomic E-state index is -0.152. The van der Waals surface area contributed by atoms with Gasteiger partial charge in [-0.25, -0.2) is 4.39 Å². The van der Waals surface area contributed by atoms with E-state index in [1.807, 2.05) is 12.1 Å². The molecule has 18 heavy (non-hydrogen) atoms. The van der Waals surface area contributed by atoms with Gasteiger partial charge in [0.2, 0.25) is 0 Å². The summed E-state index contributed by atoms with van der Waals surface area (Å²) in [5, 5.41) is 0. The first-order valence-electron chi connectivity index (χ1n) is 7.05. The maximum Gasteiger partial charge on any atom is 0.123 e. The van der Waals surface area contributed by atoms with E-state index in [-0.39, 0.29) is 5.82 Å². The SMILES string of the molecule is CC[N+]1(CC)CCCN(c2ccc(F)cc2)CC1. The average molecular weight is 251 g/mol. The lowest BCUT2D eigenvalue weighted by molar-refractivity contribution is -0.922. The molecule has 0 aromatic heterocycles. The van der Waals surface area contributed by atoms with Gasteiger partial charge in [0.15, 0.2) is 0 Å². The number of rotatable bonds is 3. The van der Waals surface area contributed by atoms with Gasteiger partial charge in [0, 0.05) is 18.7 Å². The lowest BCUT2D eigenvalue weighted by Crippen LogP contribution is -2.50. The summed E-state index contributed by atoms with van der Waals surface area (Å²) < 4.78 is 14.2. The Bertz CT molecular complexity index is 371. The summed E-state index contributed by atoms with van der Waals surface area (Å²) in [6.45, 7) is 11.6. The molecule has 0 N–H and O–H groups in total. The standard InChI is InChI=1S/C15H24FN2/c1-3-18(4-2)12-5-10-17(11-13-18)15-8-6-14(16)7-9-15/h6-9H,3-5,10-13H2,1-2H3/q+1. The van der Waals surface area contributed by atoms with Crippen LogP contribution in [0.25, 0.3) is 0 Å². The van der Waals surface area contributed by atoms with Crippen LogP contribution in [0.5, 0.6) is 0 Å². The second-order valence-electron chi connectivity index (χ2n) is 5.24. The van der Waals surface area contributed by atoms with Gasteiger partial charge in [-0.3, -0.25) is 0 Å². The second-order valence-corrected chi connectivity index (χ2v) is 5.24. The van der Waals surface area contributed by atoms with Crippen LogP contribution in [-0.4, -0.2) is 43.8 Å². The lowest BCUT2D eigenvalue weighted by Gasteiger charge is -2.35. The molecule has 3 heteroatoms. The quantitative estimate of drug-likeness (QED) is 0.747. The monoisotopic (exact) mass is 251 g/mol. The summed E-state index contributed by atoms with van der Waals surface area (Å²) >= 11 is 0. The molecule has 0 atom stereocenters. The number of likely N-dealkylation sites (N-methyl/N-ethyl adjacent to an activating group) is 1. The largest absolute Gasteiger partial charge is 0.366 e. The smallest absolute Gasteiger partial charge is 0.123 e. The fourth-order valence-corrected chi connectivity index (χ4v) is 2.92. The van der Waals surface area contributed by atoms with E-state index < -0.39 is 0 Å². The molecule has 0 radical (unpaired) electrons. The van der Waals surface area contributed by atoms with E-state index in [1.165, 1.54) is 37.1 Å². The van der Waals surface area contributed by atoms with Crippen LogP contribution < -0.4 is 4.90 Å². The zero-order chi connectivity index (χ0) is 13.0. The third-order valence-electron chi connectivity index (χ3n) is 4.44. The van der Waals surface area contributed by atoms with E-state index >= 15 is 0 Å². The van der Waals surface area contributed by atoms with Crippen LogP contribution in [-0.2, 0) is 0 Å². The Morgan fingerprint density at radius 2 is 1.72 bits per heavy atom. The number of halogens is 1. The van der Waals surface area contributed by atoms with Gasteiger partial charge in [0.05, 0.1) is 32.7 Å². The molecule has 1 aliphatic rings. The first-order chi connectivity index (χ1) is 8.69. The van der Waals surface area contributed by atoms with E-state index in [4.69, 9.17) is 0 Å². The van der Waals surface area contributed by atoms with Crippen molar-refractivity contribution >= 4 is 5.69 Å². The molecule has 0 bridgehead atoms. The molecular formula is C15H24FN2+. The van der Waals surface area contributed by atoms with Crippen molar-refractivity contribution in [2.75, 3.05) is 44.2 Å². The van der Waals surface area contributed by atoms with Gasteiger partial charge in [-0.05, 0) is 38.1 Å². The van der Waals surface area contributed by atoms with E-state index in [1.54, 1.807) is 12.1 Å². The third kappa shape index (κ3) is 2.83. The zero-order valence-electron chi connectivity index (χ0n) is 11.5. The normalized spacial score (nSPS) is 19.6. The summed E-state index contributed by atoms with van der Waals surface area (Å²) in [7, 11) is 0. The number of hydrogen-bond acceptors (Lipinski definition) is 1. The summed E-state index contributed by atoms with van der Waals surface area (Å²) in [6, 6.07) is 6.91. The van der Waals surface area contributed by atoms with Crippen LogP contribution in [0.3, 0.4) is 0 Å². The topological polar surface area (TPSA) is 3.24 Å². The number of quaternary nitrogens is 1. The second kappa shape index (κ2) is 5.70. The van der Waals surface area contributed by atoms with Crippen LogP contribution in [0, 0.1) is 5.82 Å². The number of hydrogen-bond donors (Lipinski definition) is 0. The van der Waals surface area contributed by atoms with Gasteiger partial charge < -0.3 is 9.38 Å². The summed E-state index contributed by atoms with van der Waals surface area (Å²) in [5.41, 5.74) is 1.16. The Kier molecular flexibility index (Phi) is 4.23.